The van der Waals surface area contributed by atoms with Gasteiger partial charge in [-0.3, -0.25) is 9.69 Å². The van der Waals surface area contributed by atoms with Crippen LogP contribution in [0.3, 0.4) is 0 Å². The second-order valence-corrected chi connectivity index (χ2v) is 6.93. The summed E-state index contributed by atoms with van der Waals surface area (Å²) in [6.45, 7) is 7.58. The maximum Gasteiger partial charge on any atom is 0.259 e. The summed E-state index contributed by atoms with van der Waals surface area (Å²) in [4.78, 5) is 17.5. The van der Waals surface area contributed by atoms with Crippen molar-refractivity contribution >= 4 is 0 Å². The molecule has 1 aliphatic heterocycles. The van der Waals surface area contributed by atoms with Crippen LogP contribution in [0.1, 0.15) is 29.8 Å². The second kappa shape index (κ2) is 7.60. The van der Waals surface area contributed by atoms with Crippen LogP contribution in [0.4, 0.5) is 4.39 Å². The molecule has 3 rings (SSSR count). The third-order valence-electron chi connectivity index (χ3n) is 5.20. The van der Waals surface area contributed by atoms with Gasteiger partial charge in [0.25, 0.3) is 5.56 Å². The number of halogens is 1. The standard InChI is InChI=1S/C20H26FN3O2/c1-4-24-14(2)13-17(25)18(20(24)26)19(15-5-7-16(21)8-6-15)23-11-9-22(3)10-12-23/h5-8,13,19,25H,4,9-12H2,1-3H3. The fourth-order valence-corrected chi connectivity index (χ4v) is 3.70. The first-order chi connectivity index (χ1) is 12.4. The van der Waals surface area contributed by atoms with Crippen molar-refractivity contribution in [3.63, 3.8) is 0 Å². The minimum absolute atomic E-state index is 0.00505. The van der Waals surface area contributed by atoms with Crippen molar-refractivity contribution in [2.75, 3.05) is 33.2 Å². The van der Waals surface area contributed by atoms with Crippen molar-refractivity contribution < 1.29 is 9.50 Å². The molecule has 2 heterocycles. The molecule has 1 unspecified atom stereocenters. The van der Waals surface area contributed by atoms with Crippen LogP contribution in [0.5, 0.6) is 5.75 Å². The van der Waals surface area contributed by atoms with E-state index in [2.05, 4.69) is 16.8 Å². The predicted molar refractivity (Wildman–Crippen MR) is 100 cm³/mol. The van der Waals surface area contributed by atoms with Gasteiger partial charge in [-0.2, -0.15) is 0 Å². The molecule has 1 fully saturated rings. The van der Waals surface area contributed by atoms with Gasteiger partial charge in [-0.25, -0.2) is 4.39 Å². The minimum atomic E-state index is -0.393. The molecule has 0 spiro atoms. The first-order valence-corrected chi connectivity index (χ1v) is 9.03. The number of likely N-dealkylation sites (N-methyl/N-ethyl adjacent to an activating group) is 1. The Bertz CT molecular complexity index is 824. The molecular formula is C20H26FN3O2. The van der Waals surface area contributed by atoms with Gasteiger partial charge in [-0.1, -0.05) is 12.1 Å². The highest BCUT2D eigenvalue weighted by atomic mass is 19.1. The lowest BCUT2D eigenvalue weighted by Crippen LogP contribution is -2.47. The molecule has 1 aromatic carbocycles. The number of pyridine rings is 1. The fraction of sp³-hybridized carbons (Fsp3) is 0.450. The average Bonchev–Trinajstić information content (AvgIpc) is 2.61. The minimum Gasteiger partial charge on any atom is -0.507 e. The van der Waals surface area contributed by atoms with Gasteiger partial charge in [0.15, 0.2) is 0 Å². The topological polar surface area (TPSA) is 48.7 Å². The first-order valence-electron chi connectivity index (χ1n) is 9.03. The number of rotatable bonds is 4. The lowest BCUT2D eigenvalue weighted by molar-refractivity contribution is 0.125. The van der Waals surface area contributed by atoms with Crippen LogP contribution >= 0.6 is 0 Å². The normalized spacial score (nSPS) is 17.4. The molecule has 1 atom stereocenters. The molecule has 1 aromatic heterocycles. The monoisotopic (exact) mass is 359 g/mol. The lowest BCUT2D eigenvalue weighted by Gasteiger charge is -2.38. The molecule has 140 valence electrons. The van der Waals surface area contributed by atoms with E-state index in [1.807, 2.05) is 13.8 Å². The van der Waals surface area contributed by atoms with Crippen LogP contribution in [-0.2, 0) is 6.54 Å². The smallest absolute Gasteiger partial charge is 0.259 e. The zero-order valence-corrected chi connectivity index (χ0v) is 15.6. The highest BCUT2D eigenvalue weighted by Gasteiger charge is 2.30. The van der Waals surface area contributed by atoms with Gasteiger partial charge < -0.3 is 14.6 Å². The van der Waals surface area contributed by atoms with Crippen molar-refractivity contribution in [2.45, 2.75) is 26.4 Å². The van der Waals surface area contributed by atoms with E-state index >= 15 is 0 Å². The average molecular weight is 359 g/mol. The predicted octanol–water partition coefficient (Wildman–Crippen LogP) is 2.36. The van der Waals surface area contributed by atoms with Gasteiger partial charge >= 0.3 is 0 Å². The van der Waals surface area contributed by atoms with Crippen LogP contribution in [-0.4, -0.2) is 52.7 Å². The number of aromatic nitrogens is 1. The number of hydrogen-bond donors (Lipinski definition) is 1. The molecule has 5 nitrogen and oxygen atoms in total. The molecule has 2 aromatic rings. The molecule has 0 bridgehead atoms. The van der Waals surface area contributed by atoms with E-state index in [1.54, 1.807) is 22.8 Å². The van der Waals surface area contributed by atoms with Crippen LogP contribution in [0, 0.1) is 12.7 Å². The Morgan fingerprint density at radius 1 is 1.15 bits per heavy atom. The SMILES string of the molecule is CCn1c(C)cc(O)c(C(c2ccc(F)cc2)N2CCN(C)CC2)c1=O. The molecule has 0 saturated carbocycles. The Morgan fingerprint density at radius 2 is 1.77 bits per heavy atom. The van der Waals surface area contributed by atoms with E-state index < -0.39 is 6.04 Å². The van der Waals surface area contributed by atoms with Gasteiger partial charge in [-0.15, -0.1) is 0 Å². The maximum atomic E-state index is 13.4. The Labute approximate surface area is 153 Å². The van der Waals surface area contributed by atoms with Gasteiger partial charge in [-0.05, 0) is 44.7 Å². The summed E-state index contributed by atoms with van der Waals surface area (Å²) in [5.41, 5.74) is 1.73. The van der Waals surface area contributed by atoms with Crippen LogP contribution in [0.2, 0.25) is 0 Å². The number of hydrogen-bond acceptors (Lipinski definition) is 4. The van der Waals surface area contributed by atoms with Crippen molar-refractivity contribution in [1.82, 2.24) is 14.4 Å². The highest BCUT2D eigenvalue weighted by Crippen LogP contribution is 2.33. The van der Waals surface area contributed by atoms with Crippen molar-refractivity contribution in [2.24, 2.45) is 0 Å². The van der Waals surface area contributed by atoms with Crippen molar-refractivity contribution in [1.29, 1.82) is 0 Å². The summed E-state index contributed by atoms with van der Waals surface area (Å²) in [5, 5.41) is 10.6. The number of benzene rings is 1. The zero-order chi connectivity index (χ0) is 18.8. The largest absolute Gasteiger partial charge is 0.507 e. The molecule has 6 heteroatoms. The molecule has 0 radical (unpaired) electrons. The first kappa shape index (κ1) is 18.6. The van der Waals surface area contributed by atoms with E-state index in [1.165, 1.54) is 12.1 Å². The Hall–Kier alpha value is -2.18. The van der Waals surface area contributed by atoms with Crippen LogP contribution in [0.25, 0.3) is 0 Å². The number of aryl methyl sites for hydroxylation is 1. The molecule has 26 heavy (non-hydrogen) atoms. The van der Waals surface area contributed by atoms with E-state index in [9.17, 15) is 14.3 Å². The summed E-state index contributed by atoms with van der Waals surface area (Å²) >= 11 is 0. The summed E-state index contributed by atoms with van der Waals surface area (Å²) in [5.74, 6) is -0.310. The summed E-state index contributed by atoms with van der Waals surface area (Å²) in [6, 6.07) is 7.47. The molecule has 1 saturated heterocycles. The summed E-state index contributed by atoms with van der Waals surface area (Å²) < 4.78 is 15.1. The highest BCUT2D eigenvalue weighted by molar-refractivity contribution is 5.41. The van der Waals surface area contributed by atoms with E-state index in [4.69, 9.17) is 0 Å². The van der Waals surface area contributed by atoms with Gasteiger partial charge in [0.05, 0.1) is 11.6 Å². The molecular weight excluding hydrogens is 333 g/mol. The van der Waals surface area contributed by atoms with Crippen LogP contribution in [0.15, 0.2) is 35.1 Å². The molecule has 0 amide bonds. The summed E-state index contributed by atoms with van der Waals surface area (Å²) in [7, 11) is 2.07. The van der Waals surface area contributed by atoms with E-state index in [0.29, 0.717) is 12.1 Å². The maximum absolute atomic E-state index is 13.4. The lowest BCUT2D eigenvalue weighted by atomic mass is 9.96. The van der Waals surface area contributed by atoms with Gasteiger partial charge in [0.2, 0.25) is 0 Å². The Kier molecular flexibility index (Phi) is 5.44. The fourth-order valence-electron chi connectivity index (χ4n) is 3.70. The quantitative estimate of drug-likeness (QED) is 0.911. The molecule has 0 aliphatic carbocycles. The van der Waals surface area contributed by atoms with Gasteiger partial charge in [0.1, 0.15) is 11.6 Å². The van der Waals surface area contributed by atoms with E-state index in [0.717, 1.165) is 37.4 Å². The molecule has 1 aliphatic rings. The Balaban J connectivity index is 2.15. The third kappa shape index (κ3) is 3.52. The third-order valence-corrected chi connectivity index (χ3v) is 5.20. The number of aromatic hydroxyl groups is 1. The van der Waals surface area contributed by atoms with Crippen LogP contribution < -0.4 is 5.56 Å². The summed E-state index contributed by atoms with van der Waals surface area (Å²) in [6.07, 6.45) is 0. The molecule has 1 N–H and O–H groups in total. The number of piperazine rings is 1. The van der Waals surface area contributed by atoms with Gasteiger partial charge in [0, 0.05) is 38.4 Å². The Morgan fingerprint density at radius 3 is 2.35 bits per heavy atom. The van der Waals surface area contributed by atoms with E-state index in [-0.39, 0.29) is 17.1 Å². The second-order valence-electron chi connectivity index (χ2n) is 6.93. The van der Waals surface area contributed by atoms with Crippen molar-refractivity contribution in [3.8, 4) is 5.75 Å². The number of nitrogens with zero attached hydrogens (tertiary/aromatic N) is 3. The zero-order valence-electron chi connectivity index (χ0n) is 15.6. The van der Waals surface area contributed by atoms with Crippen molar-refractivity contribution in [3.05, 3.63) is 63.3 Å².